The first-order valence-electron chi connectivity index (χ1n) is 11.1. The molecule has 0 aliphatic heterocycles. The number of carbonyl (C=O) groups excluding carboxylic acids is 2. The van der Waals surface area contributed by atoms with Gasteiger partial charge in [-0.3, -0.25) is 4.79 Å². The van der Waals surface area contributed by atoms with E-state index in [1.165, 1.54) is 25.7 Å². The van der Waals surface area contributed by atoms with E-state index < -0.39 is 0 Å². The van der Waals surface area contributed by atoms with Crippen LogP contribution in [0.3, 0.4) is 0 Å². The van der Waals surface area contributed by atoms with Crippen molar-refractivity contribution in [2.45, 2.75) is 82.2 Å². The highest BCUT2D eigenvalue weighted by atomic mass is 16.2. The van der Waals surface area contributed by atoms with E-state index in [4.69, 9.17) is 5.73 Å². The molecule has 2 atom stereocenters. The summed E-state index contributed by atoms with van der Waals surface area (Å²) in [4.78, 5) is 24.7. The Bertz CT molecular complexity index is 529. The number of nitrogens with one attached hydrogen (secondary N) is 3. The summed E-state index contributed by atoms with van der Waals surface area (Å²) in [6.45, 7) is 1.03. The maximum absolute atomic E-state index is 12.4. The number of amides is 3. The summed E-state index contributed by atoms with van der Waals surface area (Å²) in [5, 5.41) is 9.34. The smallest absolute Gasteiger partial charge is 0.315 e. The summed E-state index contributed by atoms with van der Waals surface area (Å²) in [6.07, 6.45) is 12.4. The van der Waals surface area contributed by atoms with Gasteiger partial charge in [-0.15, -0.1) is 0 Å². The van der Waals surface area contributed by atoms with Crippen LogP contribution in [0.25, 0.3) is 0 Å². The van der Waals surface area contributed by atoms with Crippen molar-refractivity contribution in [2.75, 3.05) is 13.1 Å². The molecule has 0 heterocycles. The Hall–Kier alpha value is -1.30. The minimum Gasteiger partial charge on any atom is -0.353 e. The molecule has 6 heteroatoms. The van der Waals surface area contributed by atoms with Gasteiger partial charge in [-0.25, -0.2) is 4.79 Å². The summed E-state index contributed by atoms with van der Waals surface area (Å²) < 4.78 is 0. The predicted octanol–water partition coefficient (Wildman–Crippen LogP) is 2.28. The van der Waals surface area contributed by atoms with Crippen LogP contribution in [0.15, 0.2) is 0 Å². The lowest BCUT2D eigenvalue weighted by Gasteiger charge is -2.56. The Kier molecular flexibility index (Phi) is 5.62. The summed E-state index contributed by atoms with van der Waals surface area (Å²) in [7, 11) is 0. The lowest BCUT2D eigenvalue weighted by atomic mass is 9.53. The molecule has 5 aliphatic carbocycles. The number of hydrogen-bond acceptors (Lipinski definition) is 3. The Balaban J connectivity index is 1.18. The quantitative estimate of drug-likeness (QED) is 0.573. The van der Waals surface area contributed by atoms with Gasteiger partial charge in [0.05, 0.1) is 0 Å². The maximum Gasteiger partial charge on any atom is 0.315 e. The van der Waals surface area contributed by atoms with Crippen LogP contribution in [0.5, 0.6) is 0 Å². The number of urea groups is 1. The molecule has 4 bridgehead atoms. The molecule has 5 aliphatic rings. The average Bonchev–Trinajstić information content (AvgIpc) is 2.60. The lowest BCUT2D eigenvalue weighted by molar-refractivity contribution is -0.122. The normalized spacial score (nSPS) is 39.8. The van der Waals surface area contributed by atoms with Crippen molar-refractivity contribution in [2.24, 2.45) is 29.4 Å². The summed E-state index contributed by atoms with van der Waals surface area (Å²) in [6, 6.07) is 0.111. The van der Waals surface area contributed by atoms with Crippen LogP contribution in [-0.4, -0.2) is 36.6 Å². The summed E-state index contributed by atoms with van der Waals surface area (Å²) in [5.41, 5.74) is 5.86. The highest BCUT2D eigenvalue weighted by Gasteiger charge is 2.51. The fourth-order valence-electron chi connectivity index (χ4n) is 6.80. The molecule has 0 spiro atoms. The molecule has 5 fully saturated rings. The van der Waals surface area contributed by atoms with E-state index in [1.54, 1.807) is 0 Å². The third kappa shape index (κ3) is 4.41. The fraction of sp³-hybridized carbons (Fsp3) is 0.905. The third-order valence-electron chi connectivity index (χ3n) is 7.61. The SMILES string of the molecule is NCC1CCCCC1NC(=O)CCNC(=O)NC12CC3CC(CC(C3)C1)C2. The fourth-order valence-corrected chi connectivity index (χ4v) is 6.80. The monoisotopic (exact) mass is 376 g/mol. The molecule has 152 valence electrons. The number of rotatable bonds is 6. The maximum atomic E-state index is 12.4. The van der Waals surface area contributed by atoms with Gasteiger partial charge >= 0.3 is 6.03 Å². The molecule has 27 heavy (non-hydrogen) atoms. The predicted molar refractivity (Wildman–Crippen MR) is 105 cm³/mol. The van der Waals surface area contributed by atoms with Gasteiger partial charge in [-0.1, -0.05) is 12.8 Å². The zero-order chi connectivity index (χ0) is 18.9. The molecule has 2 unspecified atom stereocenters. The van der Waals surface area contributed by atoms with Crippen molar-refractivity contribution in [3.8, 4) is 0 Å². The minimum atomic E-state index is -0.0951. The van der Waals surface area contributed by atoms with Crippen LogP contribution in [-0.2, 0) is 4.79 Å². The number of carbonyl (C=O) groups is 2. The van der Waals surface area contributed by atoms with E-state index in [2.05, 4.69) is 16.0 Å². The lowest BCUT2D eigenvalue weighted by Crippen LogP contribution is -2.61. The average molecular weight is 377 g/mol. The Morgan fingerprint density at radius 1 is 0.963 bits per heavy atom. The van der Waals surface area contributed by atoms with Gasteiger partial charge in [0.2, 0.25) is 5.91 Å². The molecule has 3 amide bonds. The van der Waals surface area contributed by atoms with Gasteiger partial charge in [-0.05, 0) is 81.6 Å². The first kappa shape index (κ1) is 19.0. The molecule has 0 aromatic carbocycles. The van der Waals surface area contributed by atoms with Crippen molar-refractivity contribution in [3.63, 3.8) is 0 Å². The Labute approximate surface area is 162 Å². The van der Waals surface area contributed by atoms with Crippen molar-refractivity contribution >= 4 is 11.9 Å². The largest absolute Gasteiger partial charge is 0.353 e. The van der Waals surface area contributed by atoms with E-state index in [0.717, 1.165) is 56.3 Å². The van der Waals surface area contributed by atoms with Crippen LogP contribution in [0.2, 0.25) is 0 Å². The third-order valence-corrected chi connectivity index (χ3v) is 7.61. The summed E-state index contributed by atoms with van der Waals surface area (Å²) in [5.74, 6) is 2.86. The highest BCUT2D eigenvalue weighted by Crippen LogP contribution is 2.55. The van der Waals surface area contributed by atoms with Crippen LogP contribution < -0.4 is 21.7 Å². The Morgan fingerprint density at radius 2 is 1.59 bits per heavy atom. The Morgan fingerprint density at radius 3 is 2.22 bits per heavy atom. The molecular weight excluding hydrogens is 340 g/mol. The highest BCUT2D eigenvalue weighted by molar-refractivity contribution is 5.78. The first-order valence-corrected chi connectivity index (χ1v) is 11.1. The van der Waals surface area contributed by atoms with Crippen LogP contribution in [0.1, 0.15) is 70.6 Å². The standard InChI is InChI=1S/C21H36N4O2/c22-13-17-3-1-2-4-18(17)24-19(26)5-6-23-20(27)25-21-10-14-7-15(11-21)9-16(8-14)12-21/h14-18H,1-13,22H2,(H,24,26)(H2,23,25,27). The van der Waals surface area contributed by atoms with Gasteiger partial charge in [0.15, 0.2) is 0 Å². The number of hydrogen-bond donors (Lipinski definition) is 4. The van der Waals surface area contributed by atoms with Crippen LogP contribution in [0.4, 0.5) is 4.79 Å². The molecule has 6 nitrogen and oxygen atoms in total. The van der Waals surface area contributed by atoms with Crippen LogP contribution in [0, 0.1) is 23.7 Å². The van der Waals surface area contributed by atoms with Gasteiger partial charge in [0.1, 0.15) is 0 Å². The van der Waals surface area contributed by atoms with Crippen molar-refractivity contribution in [1.82, 2.24) is 16.0 Å². The zero-order valence-corrected chi connectivity index (χ0v) is 16.5. The van der Waals surface area contributed by atoms with E-state index in [0.29, 0.717) is 25.4 Å². The molecule has 0 aromatic rings. The van der Waals surface area contributed by atoms with Gasteiger partial charge in [0.25, 0.3) is 0 Å². The van der Waals surface area contributed by atoms with Crippen molar-refractivity contribution in [1.29, 1.82) is 0 Å². The van der Waals surface area contributed by atoms with Gasteiger partial charge in [-0.2, -0.15) is 0 Å². The van der Waals surface area contributed by atoms with Gasteiger partial charge < -0.3 is 21.7 Å². The second-order valence-electron chi connectivity index (χ2n) is 9.78. The first-order chi connectivity index (χ1) is 13.0. The molecule has 5 N–H and O–H groups in total. The molecule has 0 saturated heterocycles. The molecule has 0 radical (unpaired) electrons. The van der Waals surface area contributed by atoms with E-state index in [9.17, 15) is 9.59 Å². The van der Waals surface area contributed by atoms with E-state index in [-0.39, 0.29) is 23.5 Å². The van der Waals surface area contributed by atoms with E-state index in [1.807, 2.05) is 0 Å². The molecule has 0 aromatic heterocycles. The summed E-state index contributed by atoms with van der Waals surface area (Å²) >= 11 is 0. The van der Waals surface area contributed by atoms with Crippen molar-refractivity contribution in [3.05, 3.63) is 0 Å². The minimum absolute atomic E-state index is 0.0236. The van der Waals surface area contributed by atoms with E-state index >= 15 is 0 Å². The molecule has 5 saturated carbocycles. The van der Waals surface area contributed by atoms with Gasteiger partial charge in [0, 0.05) is 24.5 Å². The number of nitrogens with two attached hydrogens (primary N) is 1. The zero-order valence-electron chi connectivity index (χ0n) is 16.5. The molecular formula is C21H36N4O2. The van der Waals surface area contributed by atoms with Crippen molar-refractivity contribution < 1.29 is 9.59 Å². The second-order valence-corrected chi connectivity index (χ2v) is 9.78. The molecule has 5 rings (SSSR count). The topological polar surface area (TPSA) is 96.2 Å². The second kappa shape index (κ2) is 7.98. The van der Waals surface area contributed by atoms with Crippen LogP contribution >= 0.6 is 0 Å².